The van der Waals surface area contributed by atoms with Crippen LogP contribution in [0.15, 0.2) is 77.7 Å². The van der Waals surface area contributed by atoms with Crippen LogP contribution in [0.1, 0.15) is 21.5 Å². The highest BCUT2D eigenvalue weighted by atomic mass is 32.2. The molecule has 1 amide bonds. The Hall–Kier alpha value is -3.32. The van der Waals surface area contributed by atoms with Crippen molar-refractivity contribution in [2.24, 2.45) is 0 Å². The molecule has 0 saturated carbocycles. The Balaban J connectivity index is 1.77. The molecule has 0 saturated heterocycles. The lowest BCUT2D eigenvalue weighted by molar-refractivity contribution is 0.0785. The highest BCUT2D eigenvalue weighted by Gasteiger charge is 2.19. The third-order valence-electron chi connectivity index (χ3n) is 4.71. The van der Waals surface area contributed by atoms with Crippen LogP contribution >= 0.6 is 0 Å². The van der Waals surface area contributed by atoms with Crippen LogP contribution in [0, 0.1) is 6.92 Å². The summed E-state index contributed by atoms with van der Waals surface area (Å²) < 4.78 is 33.3. The number of rotatable bonds is 7. The first-order valence-electron chi connectivity index (χ1n) is 9.37. The van der Waals surface area contributed by atoms with Gasteiger partial charge in [-0.05, 0) is 54.4 Å². The summed E-state index contributed by atoms with van der Waals surface area (Å²) in [7, 11) is -0.542. The first-order chi connectivity index (χ1) is 14.3. The number of ether oxygens (including phenoxy) is 1. The molecular weight excluding hydrogens is 400 g/mol. The van der Waals surface area contributed by atoms with Gasteiger partial charge in [0.05, 0.1) is 17.7 Å². The molecule has 156 valence electrons. The first-order valence-corrected chi connectivity index (χ1v) is 10.9. The van der Waals surface area contributed by atoms with Crippen LogP contribution in [0.3, 0.4) is 0 Å². The van der Waals surface area contributed by atoms with Gasteiger partial charge in [0.1, 0.15) is 5.75 Å². The predicted octanol–water partition coefficient (Wildman–Crippen LogP) is 4.08. The Morgan fingerprint density at radius 2 is 1.70 bits per heavy atom. The number of para-hydroxylation sites is 1. The predicted molar refractivity (Wildman–Crippen MR) is 117 cm³/mol. The van der Waals surface area contributed by atoms with Gasteiger partial charge in [-0.1, -0.05) is 36.4 Å². The lowest BCUT2D eigenvalue weighted by Gasteiger charge is -2.18. The molecule has 0 fully saturated rings. The van der Waals surface area contributed by atoms with E-state index in [9.17, 15) is 13.2 Å². The van der Waals surface area contributed by atoms with E-state index in [1.54, 1.807) is 43.3 Å². The van der Waals surface area contributed by atoms with Gasteiger partial charge in [-0.3, -0.25) is 9.52 Å². The number of nitrogens with one attached hydrogen (secondary N) is 1. The summed E-state index contributed by atoms with van der Waals surface area (Å²) >= 11 is 0. The van der Waals surface area contributed by atoms with Crippen molar-refractivity contribution in [3.8, 4) is 5.75 Å². The zero-order valence-corrected chi connectivity index (χ0v) is 17.9. The molecular formula is C23H24N2O4S. The SMILES string of the molecule is COc1ccc(CN(C)C(=O)c2cccc(S(=O)(=O)Nc3ccccc3C)c2)cc1. The fraction of sp³-hybridized carbons (Fsp3) is 0.174. The first kappa shape index (κ1) is 21.4. The average Bonchev–Trinajstić information content (AvgIpc) is 2.75. The van der Waals surface area contributed by atoms with Crippen LogP contribution in [0.25, 0.3) is 0 Å². The molecule has 6 nitrogen and oxygen atoms in total. The highest BCUT2D eigenvalue weighted by Crippen LogP contribution is 2.21. The van der Waals surface area contributed by atoms with Crippen LogP contribution in [-0.4, -0.2) is 33.4 Å². The number of aryl methyl sites for hydroxylation is 1. The summed E-state index contributed by atoms with van der Waals surface area (Å²) in [5.41, 5.74) is 2.56. The third kappa shape index (κ3) is 4.99. The summed E-state index contributed by atoms with van der Waals surface area (Å²) in [6.45, 7) is 2.22. The van der Waals surface area contributed by atoms with E-state index in [0.29, 0.717) is 17.8 Å². The minimum absolute atomic E-state index is 0.0365. The fourth-order valence-corrected chi connectivity index (χ4v) is 4.16. The fourth-order valence-electron chi connectivity index (χ4n) is 2.98. The summed E-state index contributed by atoms with van der Waals surface area (Å²) in [4.78, 5) is 14.4. The number of sulfonamides is 1. The molecule has 7 heteroatoms. The van der Waals surface area contributed by atoms with E-state index in [1.807, 2.05) is 43.3 Å². The van der Waals surface area contributed by atoms with E-state index < -0.39 is 10.0 Å². The number of nitrogens with zero attached hydrogens (tertiary/aromatic N) is 1. The van der Waals surface area contributed by atoms with E-state index in [0.717, 1.165) is 16.9 Å². The van der Waals surface area contributed by atoms with Gasteiger partial charge >= 0.3 is 0 Å². The third-order valence-corrected chi connectivity index (χ3v) is 6.07. The lowest BCUT2D eigenvalue weighted by atomic mass is 10.1. The van der Waals surface area contributed by atoms with Crippen LogP contribution in [0.2, 0.25) is 0 Å². The van der Waals surface area contributed by atoms with Crippen molar-refractivity contribution in [1.82, 2.24) is 4.90 Å². The van der Waals surface area contributed by atoms with E-state index in [1.165, 1.54) is 12.1 Å². The van der Waals surface area contributed by atoms with Crippen molar-refractivity contribution >= 4 is 21.6 Å². The van der Waals surface area contributed by atoms with Gasteiger partial charge < -0.3 is 9.64 Å². The maximum Gasteiger partial charge on any atom is 0.261 e. The maximum atomic E-state index is 12.8. The van der Waals surface area contributed by atoms with Crippen LogP contribution < -0.4 is 9.46 Å². The maximum absolute atomic E-state index is 12.8. The number of anilines is 1. The zero-order chi connectivity index (χ0) is 21.7. The number of amides is 1. The topological polar surface area (TPSA) is 75.7 Å². The molecule has 0 aromatic heterocycles. The molecule has 0 atom stereocenters. The molecule has 0 aliphatic heterocycles. The molecule has 0 heterocycles. The lowest BCUT2D eigenvalue weighted by Crippen LogP contribution is -2.26. The number of carbonyl (C=O) groups is 1. The standard InChI is InChI=1S/C23H24N2O4S/c1-17-7-4-5-10-22(17)24-30(27,28)21-9-6-8-19(15-21)23(26)25(2)16-18-11-13-20(29-3)14-12-18/h4-15,24H,16H2,1-3H3. The molecule has 1 N–H and O–H groups in total. The molecule has 3 aromatic carbocycles. The van der Waals surface area contributed by atoms with Gasteiger partial charge in [0.15, 0.2) is 0 Å². The Labute approximate surface area is 177 Å². The molecule has 0 spiro atoms. The number of hydrogen-bond acceptors (Lipinski definition) is 4. The van der Waals surface area contributed by atoms with Crippen LogP contribution in [0.4, 0.5) is 5.69 Å². The highest BCUT2D eigenvalue weighted by molar-refractivity contribution is 7.92. The van der Waals surface area contributed by atoms with Gasteiger partial charge in [0.25, 0.3) is 15.9 Å². The summed E-state index contributed by atoms with van der Waals surface area (Å²) in [6, 6.07) is 20.6. The number of hydrogen-bond donors (Lipinski definition) is 1. The van der Waals surface area contributed by atoms with E-state index in [4.69, 9.17) is 4.74 Å². The smallest absolute Gasteiger partial charge is 0.261 e. The number of benzene rings is 3. The van der Waals surface area contributed by atoms with Crippen molar-refractivity contribution in [2.75, 3.05) is 18.9 Å². The Morgan fingerprint density at radius 1 is 1.00 bits per heavy atom. The normalized spacial score (nSPS) is 11.0. The van der Waals surface area contributed by atoms with Crippen molar-refractivity contribution in [3.63, 3.8) is 0 Å². The molecule has 0 unspecified atom stereocenters. The summed E-state index contributed by atoms with van der Waals surface area (Å²) in [5, 5.41) is 0. The molecule has 30 heavy (non-hydrogen) atoms. The van der Waals surface area contributed by atoms with Gasteiger partial charge in [-0.25, -0.2) is 8.42 Å². The van der Waals surface area contributed by atoms with Gasteiger partial charge in [0.2, 0.25) is 0 Å². The van der Waals surface area contributed by atoms with Gasteiger partial charge in [-0.2, -0.15) is 0 Å². The molecule has 3 aromatic rings. The Bertz CT molecular complexity index is 1140. The molecule has 0 aliphatic carbocycles. The Kier molecular flexibility index (Phi) is 6.42. The molecule has 0 radical (unpaired) electrons. The minimum atomic E-state index is -3.82. The second-order valence-corrected chi connectivity index (χ2v) is 8.64. The molecule has 0 bridgehead atoms. The second kappa shape index (κ2) is 9.00. The summed E-state index contributed by atoms with van der Waals surface area (Å²) in [5.74, 6) is 0.477. The number of methoxy groups -OCH3 is 1. The summed E-state index contributed by atoms with van der Waals surface area (Å²) in [6.07, 6.45) is 0. The quantitative estimate of drug-likeness (QED) is 0.620. The van der Waals surface area contributed by atoms with Crippen molar-refractivity contribution < 1.29 is 17.9 Å². The molecule has 0 aliphatic rings. The van der Waals surface area contributed by atoms with E-state index in [-0.39, 0.29) is 10.8 Å². The average molecular weight is 425 g/mol. The van der Waals surface area contributed by atoms with Crippen molar-refractivity contribution in [3.05, 3.63) is 89.5 Å². The van der Waals surface area contributed by atoms with Gasteiger partial charge in [0, 0.05) is 19.2 Å². The largest absolute Gasteiger partial charge is 0.497 e. The zero-order valence-electron chi connectivity index (χ0n) is 17.1. The van der Waals surface area contributed by atoms with Gasteiger partial charge in [-0.15, -0.1) is 0 Å². The number of carbonyl (C=O) groups excluding carboxylic acids is 1. The Morgan fingerprint density at radius 3 is 2.37 bits per heavy atom. The van der Waals surface area contributed by atoms with E-state index >= 15 is 0 Å². The van der Waals surface area contributed by atoms with Crippen molar-refractivity contribution in [2.45, 2.75) is 18.4 Å². The monoisotopic (exact) mass is 424 g/mol. The van der Waals surface area contributed by atoms with E-state index in [2.05, 4.69) is 4.72 Å². The second-order valence-electron chi connectivity index (χ2n) is 6.96. The van der Waals surface area contributed by atoms with Crippen LogP contribution in [-0.2, 0) is 16.6 Å². The van der Waals surface area contributed by atoms with Crippen molar-refractivity contribution in [1.29, 1.82) is 0 Å². The van der Waals surface area contributed by atoms with Crippen LogP contribution in [0.5, 0.6) is 5.75 Å². The molecule has 3 rings (SSSR count). The minimum Gasteiger partial charge on any atom is -0.497 e.